The lowest BCUT2D eigenvalue weighted by Crippen LogP contribution is -2.41. The van der Waals surface area contributed by atoms with Gasteiger partial charge in [-0.25, -0.2) is 9.78 Å². The van der Waals surface area contributed by atoms with E-state index >= 15 is 0 Å². The number of nitrogens with two attached hydrogens (primary N) is 1. The zero-order valence-electron chi connectivity index (χ0n) is 17.4. The molecule has 3 heterocycles. The largest absolute Gasteiger partial charge is 0.445 e. The summed E-state index contributed by atoms with van der Waals surface area (Å²) < 4.78 is 7.01. The van der Waals surface area contributed by atoms with Crippen LogP contribution in [0.5, 0.6) is 0 Å². The van der Waals surface area contributed by atoms with E-state index in [0.717, 1.165) is 5.56 Å². The summed E-state index contributed by atoms with van der Waals surface area (Å²) in [7, 11) is 0. The van der Waals surface area contributed by atoms with Crippen LogP contribution < -0.4 is 11.1 Å². The van der Waals surface area contributed by atoms with Crippen molar-refractivity contribution in [2.75, 3.05) is 11.9 Å². The van der Waals surface area contributed by atoms with Gasteiger partial charge in [-0.15, -0.1) is 0 Å². The van der Waals surface area contributed by atoms with Crippen molar-refractivity contribution in [1.29, 1.82) is 0 Å². The third kappa shape index (κ3) is 4.06. The van der Waals surface area contributed by atoms with E-state index in [1.54, 1.807) is 46.1 Å². The van der Waals surface area contributed by atoms with E-state index in [0.29, 0.717) is 52.2 Å². The van der Waals surface area contributed by atoms with Crippen molar-refractivity contribution in [3.63, 3.8) is 0 Å². The van der Waals surface area contributed by atoms with E-state index in [2.05, 4.69) is 15.4 Å². The number of hydrogen-bond donors (Lipinski definition) is 2. The van der Waals surface area contributed by atoms with Crippen molar-refractivity contribution < 1.29 is 14.0 Å². The molecule has 1 aliphatic rings. The van der Waals surface area contributed by atoms with Gasteiger partial charge in [0.05, 0.1) is 30.5 Å². The number of urea groups is 1. The maximum atomic E-state index is 12.9. The van der Waals surface area contributed by atoms with Crippen LogP contribution in [0.1, 0.15) is 16.1 Å². The average molecular weight is 463 g/mol. The molecule has 0 aliphatic carbocycles. The van der Waals surface area contributed by atoms with E-state index in [-0.39, 0.29) is 12.6 Å². The van der Waals surface area contributed by atoms with Gasteiger partial charge in [0.15, 0.2) is 0 Å². The average Bonchev–Trinajstić information content (AvgIpc) is 3.47. The van der Waals surface area contributed by atoms with Crippen LogP contribution in [0.2, 0.25) is 5.02 Å². The summed E-state index contributed by atoms with van der Waals surface area (Å²) >= 11 is 6.11. The van der Waals surface area contributed by atoms with Gasteiger partial charge in [-0.3, -0.25) is 9.48 Å². The van der Waals surface area contributed by atoms with Gasteiger partial charge in [0.25, 0.3) is 5.91 Å². The first kappa shape index (κ1) is 20.8. The molecule has 0 fully saturated rings. The Kier molecular flexibility index (Phi) is 5.31. The highest BCUT2D eigenvalue weighted by molar-refractivity contribution is 6.30. The molecule has 0 radical (unpaired) electrons. The molecular formula is C23H19ClN6O3. The van der Waals surface area contributed by atoms with Gasteiger partial charge in [0.1, 0.15) is 12.0 Å². The third-order valence-electron chi connectivity index (χ3n) is 5.43. The number of primary amides is 1. The van der Waals surface area contributed by atoms with E-state index in [1.807, 2.05) is 18.2 Å². The molecule has 2 aromatic heterocycles. The van der Waals surface area contributed by atoms with Gasteiger partial charge in [0, 0.05) is 28.4 Å². The lowest BCUT2D eigenvalue weighted by atomic mass is 10.0. The fourth-order valence-electron chi connectivity index (χ4n) is 3.85. The normalized spacial score (nSPS) is 12.9. The van der Waals surface area contributed by atoms with E-state index in [4.69, 9.17) is 21.8 Å². The van der Waals surface area contributed by atoms with Crippen LogP contribution in [-0.4, -0.2) is 38.1 Å². The summed E-state index contributed by atoms with van der Waals surface area (Å²) in [5, 5.41) is 7.99. The lowest BCUT2D eigenvalue weighted by Gasteiger charge is -2.28. The molecule has 0 saturated heterocycles. The number of amides is 3. The minimum absolute atomic E-state index is 0.200. The van der Waals surface area contributed by atoms with Gasteiger partial charge in [-0.1, -0.05) is 23.7 Å². The van der Waals surface area contributed by atoms with E-state index in [1.165, 1.54) is 6.26 Å². The van der Waals surface area contributed by atoms with Crippen LogP contribution in [0.4, 0.5) is 10.5 Å². The predicted molar refractivity (Wildman–Crippen MR) is 123 cm³/mol. The Balaban J connectivity index is 1.36. The van der Waals surface area contributed by atoms with Crippen LogP contribution in [0.25, 0.3) is 22.7 Å². The number of aromatic nitrogens is 3. The van der Waals surface area contributed by atoms with Gasteiger partial charge < -0.3 is 20.4 Å². The summed E-state index contributed by atoms with van der Waals surface area (Å²) in [5.41, 5.74) is 9.18. The SMILES string of the molecule is NC(=O)c1c(-c2cccc(Cl)c2)nn2c1CN(C(=O)Nc1ccc(-c3ncco3)cc1)CC2. The molecule has 0 saturated carbocycles. The predicted octanol–water partition coefficient (Wildman–Crippen LogP) is 4.01. The molecule has 5 rings (SSSR count). The third-order valence-corrected chi connectivity index (χ3v) is 5.66. The number of carbonyl (C=O) groups excluding carboxylic acids is 2. The fourth-order valence-corrected chi connectivity index (χ4v) is 4.04. The van der Waals surface area contributed by atoms with E-state index in [9.17, 15) is 9.59 Å². The Hall–Kier alpha value is -4.11. The molecular weight excluding hydrogens is 444 g/mol. The number of rotatable bonds is 4. The number of anilines is 1. The Morgan fingerprint density at radius 1 is 1.09 bits per heavy atom. The van der Waals surface area contributed by atoms with Crippen molar-refractivity contribution in [2.24, 2.45) is 5.73 Å². The molecule has 0 bridgehead atoms. The number of oxazole rings is 1. The number of halogens is 1. The van der Waals surface area contributed by atoms with Gasteiger partial charge in [-0.05, 0) is 36.4 Å². The van der Waals surface area contributed by atoms with Crippen LogP contribution in [-0.2, 0) is 13.1 Å². The number of carbonyl (C=O) groups is 2. The first-order chi connectivity index (χ1) is 16.0. The Bertz CT molecular complexity index is 1330. The Morgan fingerprint density at radius 2 is 1.91 bits per heavy atom. The maximum absolute atomic E-state index is 12.9. The molecule has 0 atom stereocenters. The first-order valence-corrected chi connectivity index (χ1v) is 10.6. The minimum Gasteiger partial charge on any atom is -0.445 e. The van der Waals surface area contributed by atoms with Crippen molar-refractivity contribution in [1.82, 2.24) is 19.7 Å². The van der Waals surface area contributed by atoms with Gasteiger partial charge in [0.2, 0.25) is 5.89 Å². The summed E-state index contributed by atoms with van der Waals surface area (Å²) in [4.78, 5) is 31.0. The topological polar surface area (TPSA) is 119 Å². The highest BCUT2D eigenvalue weighted by Crippen LogP contribution is 2.30. The van der Waals surface area contributed by atoms with Gasteiger partial charge >= 0.3 is 6.03 Å². The standard InChI is InChI=1S/C23H19ClN6O3/c24-16-3-1-2-15(12-16)20-19(21(25)31)18-13-29(9-10-30(18)28-20)23(32)27-17-6-4-14(5-7-17)22-26-8-11-33-22/h1-8,11-12H,9-10,13H2,(H2,25,31)(H,27,32). The molecule has 166 valence electrons. The van der Waals surface area contributed by atoms with Crippen molar-refractivity contribution in [2.45, 2.75) is 13.1 Å². The molecule has 3 N–H and O–H groups in total. The summed E-state index contributed by atoms with van der Waals surface area (Å²) in [5.74, 6) is -0.0951. The van der Waals surface area contributed by atoms with Crippen molar-refractivity contribution in [3.05, 3.63) is 77.3 Å². The molecule has 2 aromatic carbocycles. The Morgan fingerprint density at radius 3 is 2.61 bits per heavy atom. The molecule has 9 nitrogen and oxygen atoms in total. The second-order valence-electron chi connectivity index (χ2n) is 7.53. The molecule has 10 heteroatoms. The fraction of sp³-hybridized carbons (Fsp3) is 0.130. The molecule has 1 aliphatic heterocycles. The smallest absolute Gasteiger partial charge is 0.322 e. The van der Waals surface area contributed by atoms with Crippen molar-refractivity contribution >= 4 is 29.2 Å². The number of hydrogen-bond acceptors (Lipinski definition) is 5. The molecule has 0 spiro atoms. The van der Waals surface area contributed by atoms with E-state index < -0.39 is 5.91 Å². The van der Waals surface area contributed by atoms with Crippen molar-refractivity contribution in [3.8, 4) is 22.7 Å². The number of nitrogens with zero attached hydrogens (tertiary/aromatic N) is 4. The molecule has 3 amide bonds. The summed E-state index contributed by atoms with van der Waals surface area (Å²) in [6, 6.07) is 14.0. The molecule has 0 unspecified atom stereocenters. The van der Waals surface area contributed by atoms with Crippen LogP contribution >= 0.6 is 11.6 Å². The zero-order valence-corrected chi connectivity index (χ0v) is 18.1. The highest BCUT2D eigenvalue weighted by atomic mass is 35.5. The summed E-state index contributed by atoms with van der Waals surface area (Å²) in [6.45, 7) is 1.07. The monoisotopic (exact) mass is 462 g/mol. The van der Waals surface area contributed by atoms with Crippen LogP contribution in [0, 0.1) is 0 Å². The number of nitrogens with one attached hydrogen (secondary N) is 1. The van der Waals surface area contributed by atoms with Crippen LogP contribution in [0.3, 0.4) is 0 Å². The highest BCUT2D eigenvalue weighted by Gasteiger charge is 2.29. The molecule has 33 heavy (non-hydrogen) atoms. The second-order valence-corrected chi connectivity index (χ2v) is 7.97. The quantitative estimate of drug-likeness (QED) is 0.475. The minimum atomic E-state index is -0.601. The molecule has 4 aromatic rings. The Labute approximate surface area is 193 Å². The summed E-state index contributed by atoms with van der Waals surface area (Å²) in [6.07, 6.45) is 3.08. The van der Waals surface area contributed by atoms with Crippen LogP contribution in [0.15, 0.2) is 65.4 Å². The number of fused-ring (bicyclic) bond motifs is 1. The second kappa shape index (κ2) is 8.44. The van der Waals surface area contributed by atoms with Gasteiger partial charge in [-0.2, -0.15) is 5.10 Å². The number of benzene rings is 2. The first-order valence-electron chi connectivity index (χ1n) is 10.2. The zero-order chi connectivity index (χ0) is 22.9. The lowest BCUT2D eigenvalue weighted by molar-refractivity contribution is 0.0997. The maximum Gasteiger partial charge on any atom is 0.322 e.